The van der Waals surface area contributed by atoms with Gasteiger partial charge in [0.05, 0.1) is 12.8 Å². The molecular formula is C29H28N2O4S. The van der Waals surface area contributed by atoms with Gasteiger partial charge < -0.3 is 14.4 Å². The predicted molar refractivity (Wildman–Crippen MR) is 145 cm³/mol. The SMILES string of the molecule is CCc1ccc(N2C(=O)/C(=C/c3ccc(OCc4cccc(C)c4)cc3)N(CC(=O)OC)C2=S)cc1. The van der Waals surface area contributed by atoms with Gasteiger partial charge in [-0.05, 0) is 72.6 Å². The van der Waals surface area contributed by atoms with Gasteiger partial charge in [0.1, 0.15) is 24.6 Å². The maximum absolute atomic E-state index is 13.5. The highest BCUT2D eigenvalue weighted by Gasteiger charge is 2.40. The minimum atomic E-state index is -0.487. The molecule has 4 rings (SSSR count). The van der Waals surface area contributed by atoms with Crippen LogP contribution in [-0.4, -0.2) is 35.5 Å². The second kappa shape index (κ2) is 11.2. The number of aryl methyl sites for hydroxylation is 2. The smallest absolute Gasteiger partial charge is 0.325 e. The number of methoxy groups -OCH3 is 1. The number of thiocarbonyl (C=S) groups is 1. The summed E-state index contributed by atoms with van der Waals surface area (Å²) in [5, 5.41) is 0.235. The summed E-state index contributed by atoms with van der Waals surface area (Å²) in [6.07, 6.45) is 2.62. The second-order valence-electron chi connectivity index (χ2n) is 8.48. The molecule has 0 N–H and O–H groups in total. The molecule has 0 aliphatic carbocycles. The molecule has 1 fully saturated rings. The lowest BCUT2D eigenvalue weighted by Gasteiger charge is -2.19. The molecule has 0 spiro atoms. The van der Waals surface area contributed by atoms with Crippen LogP contribution in [0.2, 0.25) is 0 Å². The van der Waals surface area contributed by atoms with Crippen molar-refractivity contribution in [2.45, 2.75) is 26.9 Å². The van der Waals surface area contributed by atoms with Crippen molar-refractivity contribution in [1.82, 2.24) is 4.90 Å². The van der Waals surface area contributed by atoms with Crippen LogP contribution in [0.3, 0.4) is 0 Å². The Bertz CT molecular complexity index is 1300. The third-order valence-corrected chi connectivity index (χ3v) is 6.33. The number of hydrogen-bond donors (Lipinski definition) is 0. The number of benzene rings is 3. The van der Waals surface area contributed by atoms with Crippen LogP contribution in [0, 0.1) is 6.92 Å². The maximum Gasteiger partial charge on any atom is 0.325 e. The zero-order chi connectivity index (χ0) is 25.7. The van der Waals surface area contributed by atoms with Gasteiger partial charge in [-0.25, -0.2) is 0 Å². The topological polar surface area (TPSA) is 59.1 Å². The van der Waals surface area contributed by atoms with Gasteiger partial charge in [-0.1, -0.05) is 61.0 Å². The van der Waals surface area contributed by atoms with Crippen molar-refractivity contribution in [3.8, 4) is 5.75 Å². The van der Waals surface area contributed by atoms with E-state index in [1.165, 1.54) is 22.5 Å². The molecule has 0 atom stereocenters. The second-order valence-corrected chi connectivity index (χ2v) is 8.85. The molecule has 184 valence electrons. The molecular weight excluding hydrogens is 472 g/mol. The maximum atomic E-state index is 13.5. The number of rotatable bonds is 8. The number of carbonyl (C=O) groups excluding carboxylic acids is 2. The van der Waals surface area contributed by atoms with Crippen LogP contribution in [0.5, 0.6) is 5.75 Å². The molecule has 1 aliphatic rings. The normalized spacial score (nSPS) is 14.5. The summed E-state index contributed by atoms with van der Waals surface area (Å²) >= 11 is 5.62. The van der Waals surface area contributed by atoms with Crippen molar-refractivity contribution >= 4 is 41.0 Å². The molecule has 1 amide bonds. The van der Waals surface area contributed by atoms with Crippen molar-refractivity contribution in [3.05, 3.63) is 101 Å². The van der Waals surface area contributed by atoms with E-state index in [0.29, 0.717) is 18.0 Å². The number of ether oxygens (including phenoxy) is 2. The van der Waals surface area contributed by atoms with E-state index in [1.807, 2.05) is 73.7 Å². The summed E-state index contributed by atoms with van der Waals surface area (Å²) in [6.45, 7) is 4.42. The summed E-state index contributed by atoms with van der Waals surface area (Å²) in [5.41, 5.74) is 5.17. The van der Waals surface area contributed by atoms with E-state index in [-0.39, 0.29) is 17.6 Å². The summed E-state index contributed by atoms with van der Waals surface area (Å²) in [5.74, 6) is -0.0666. The minimum absolute atomic E-state index is 0.159. The number of amides is 1. The van der Waals surface area contributed by atoms with Crippen LogP contribution < -0.4 is 9.64 Å². The van der Waals surface area contributed by atoms with Crippen LogP contribution in [0.4, 0.5) is 5.69 Å². The molecule has 0 aromatic heterocycles. The van der Waals surface area contributed by atoms with Gasteiger partial charge in [-0.15, -0.1) is 0 Å². The zero-order valence-corrected chi connectivity index (χ0v) is 21.4. The molecule has 3 aromatic rings. The fourth-order valence-corrected chi connectivity index (χ4v) is 4.27. The highest BCUT2D eigenvalue weighted by Crippen LogP contribution is 2.30. The van der Waals surface area contributed by atoms with Crippen LogP contribution in [0.15, 0.2) is 78.5 Å². The first kappa shape index (κ1) is 25.1. The lowest BCUT2D eigenvalue weighted by atomic mass is 10.1. The molecule has 0 unspecified atom stereocenters. The van der Waals surface area contributed by atoms with Gasteiger partial charge in [0.25, 0.3) is 5.91 Å². The van der Waals surface area contributed by atoms with Gasteiger partial charge in [0.15, 0.2) is 5.11 Å². The Kier molecular flexibility index (Phi) is 7.80. The first-order valence-electron chi connectivity index (χ1n) is 11.7. The van der Waals surface area contributed by atoms with E-state index < -0.39 is 5.97 Å². The largest absolute Gasteiger partial charge is 0.489 e. The average Bonchev–Trinajstić information content (AvgIpc) is 3.12. The molecule has 6 nitrogen and oxygen atoms in total. The molecule has 0 radical (unpaired) electrons. The Morgan fingerprint density at radius 1 is 1.00 bits per heavy atom. The summed E-state index contributed by atoms with van der Waals surface area (Å²) < 4.78 is 10.7. The van der Waals surface area contributed by atoms with Crippen molar-refractivity contribution in [2.24, 2.45) is 0 Å². The predicted octanol–water partition coefficient (Wildman–Crippen LogP) is 5.28. The fourth-order valence-electron chi connectivity index (χ4n) is 3.92. The van der Waals surface area contributed by atoms with Gasteiger partial charge in [-0.2, -0.15) is 0 Å². The molecule has 7 heteroatoms. The number of carbonyl (C=O) groups is 2. The quantitative estimate of drug-likeness (QED) is 0.238. The summed E-state index contributed by atoms with van der Waals surface area (Å²) in [4.78, 5) is 28.5. The minimum Gasteiger partial charge on any atom is -0.489 e. The standard InChI is InChI=1S/C29H28N2O4S/c1-4-21-8-12-24(13-9-21)31-28(33)26(30(29(31)36)18-27(32)34-3)17-22-10-14-25(15-11-22)35-19-23-7-5-6-20(2)16-23/h5-17H,4,18-19H2,1-3H3/b26-17-. The van der Waals surface area contributed by atoms with E-state index in [9.17, 15) is 9.59 Å². The molecule has 0 bridgehead atoms. The number of nitrogens with zero attached hydrogens (tertiary/aromatic N) is 2. The van der Waals surface area contributed by atoms with E-state index in [4.69, 9.17) is 21.7 Å². The third-order valence-electron chi connectivity index (χ3n) is 5.92. The average molecular weight is 501 g/mol. The highest BCUT2D eigenvalue weighted by atomic mass is 32.1. The summed E-state index contributed by atoms with van der Waals surface area (Å²) in [7, 11) is 1.31. The van der Waals surface area contributed by atoms with Crippen molar-refractivity contribution in [3.63, 3.8) is 0 Å². The van der Waals surface area contributed by atoms with Crippen molar-refractivity contribution < 1.29 is 19.1 Å². The van der Waals surface area contributed by atoms with Gasteiger partial charge in [-0.3, -0.25) is 14.5 Å². The van der Waals surface area contributed by atoms with E-state index >= 15 is 0 Å². The van der Waals surface area contributed by atoms with Gasteiger partial charge in [0.2, 0.25) is 0 Å². The number of esters is 1. The van der Waals surface area contributed by atoms with Crippen LogP contribution in [0.25, 0.3) is 6.08 Å². The lowest BCUT2D eigenvalue weighted by molar-refractivity contribution is -0.140. The fraction of sp³-hybridized carbons (Fsp3) is 0.207. The Balaban J connectivity index is 1.57. The third kappa shape index (κ3) is 5.63. The lowest BCUT2D eigenvalue weighted by Crippen LogP contribution is -2.35. The number of anilines is 1. The van der Waals surface area contributed by atoms with Crippen LogP contribution in [0.1, 0.15) is 29.2 Å². The van der Waals surface area contributed by atoms with Crippen LogP contribution in [-0.2, 0) is 27.4 Å². The van der Waals surface area contributed by atoms with E-state index in [1.54, 1.807) is 6.08 Å². The summed E-state index contributed by atoms with van der Waals surface area (Å²) in [6, 6.07) is 23.3. The molecule has 1 saturated heterocycles. The first-order valence-corrected chi connectivity index (χ1v) is 12.1. The molecule has 36 heavy (non-hydrogen) atoms. The van der Waals surface area contributed by atoms with Crippen molar-refractivity contribution in [2.75, 3.05) is 18.6 Å². The van der Waals surface area contributed by atoms with Crippen molar-refractivity contribution in [1.29, 1.82) is 0 Å². The van der Waals surface area contributed by atoms with E-state index in [2.05, 4.69) is 13.0 Å². The Morgan fingerprint density at radius 3 is 2.36 bits per heavy atom. The molecule has 1 heterocycles. The Labute approximate surface area is 216 Å². The zero-order valence-electron chi connectivity index (χ0n) is 20.6. The monoisotopic (exact) mass is 500 g/mol. The van der Waals surface area contributed by atoms with Gasteiger partial charge in [0, 0.05) is 0 Å². The van der Waals surface area contributed by atoms with E-state index in [0.717, 1.165) is 28.9 Å². The number of hydrogen-bond acceptors (Lipinski definition) is 5. The molecule has 0 saturated carbocycles. The first-order chi connectivity index (χ1) is 17.4. The van der Waals surface area contributed by atoms with Crippen LogP contribution >= 0.6 is 12.2 Å². The highest BCUT2D eigenvalue weighted by molar-refractivity contribution is 7.80. The van der Waals surface area contributed by atoms with Gasteiger partial charge >= 0.3 is 5.97 Å². The molecule has 3 aromatic carbocycles. The molecule has 1 aliphatic heterocycles. The Morgan fingerprint density at radius 2 is 1.72 bits per heavy atom. The Hall–Kier alpha value is -3.97.